The predicted octanol–water partition coefficient (Wildman–Crippen LogP) is 4.74. The Balaban J connectivity index is 1.43. The SMILES string of the molecule is C=C(F)C(=O)N1CCN(c2nc(OC[C@@H]3CCCN3C)nc3c(F)c(-c4ccc(F)c5c4CCCC5)ncc23)C[C@@H]1CC#N. The van der Waals surface area contributed by atoms with Gasteiger partial charge in [0.25, 0.3) is 5.91 Å². The average Bonchev–Trinajstić information content (AvgIpc) is 3.44. The van der Waals surface area contributed by atoms with Crippen LogP contribution in [0.15, 0.2) is 30.7 Å². The summed E-state index contributed by atoms with van der Waals surface area (Å²) in [6.45, 7) is 4.91. The first-order valence-corrected chi connectivity index (χ1v) is 15.0. The first-order chi connectivity index (χ1) is 21.3. The number of carbonyl (C=O) groups is 1. The lowest BCUT2D eigenvalue weighted by molar-refractivity contribution is -0.131. The van der Waals surface area contributed by atoms with Crippen LogP contribution in [0.1, 0.15) is 43.2 Å². The van der Waals surface area contributed by atoms with E-state index in [1.54, 1.807) is 6.07 Å². The number of nitrogens with zero attached hydrogens (tertiary/aromatic N) is 7. The molecule has 2 aromatic heterocycles. The molecule has 0 bridgehead atoms. The molecule has 2 atom stereocenters. The molecule has 0 N–H and O–H groups in total. The number of nitriles is 1. The monoisotopic (exact) mass is 605 g/mol. The summed E-state index contributed by atoms with van der Waals surface area (Å²) in [5, 5.41) is 9.78. The number of likely N-dealkylation sites (tertiary alicyclic amines) is 1. The fourth-order valence-corrected chi connectivity index (χ4v) is 6.67. The van der Waals surface area contributed by atoms with Crippen LogP contribution < -0.4 is 9.64 Å². The van der Waals surface area contributed by atoms with E-state index in [-0.39, 0.29) is 55.1 Å². The Hall–Kier alpha value is -4.24. The zero-order valence-corrected chi connectivity index (χ0v) is 24.7. The fraction of sp³-hybridized carbons (Fsp3) is 0.469. The van der Waals surface area contributed by atoms with Crippen molar-refractivity contribution in [1.82, 2.24) is 24.8 Å². The number of hydrogen-bond acceptors (Lipinski definition) is 8. The lowest BCUT2D eigenvalue weighted by Crippen LogP contribution is -2.55. The normalized spacial score (nSPS) is 20.4. The van der Waals surface area contributed by atoms with Crippen LogP contribution >= 0.6 is 0 Å². The van der Waals surface area contributed by atoms with Crippen molar-refractivity contribution in [2.75, 3.05) is 44.7 Å². The highest BCUT2D eigenvalue weighted by atomic mass is 19.1. The van der Waals surface area contributed by atoms with E-state index in [1.807, 2.05) is 11.9 Å². The number of ether oxygens (including phenoxy) is 1. The van der Waals surface area contributed by atoms with Crippen LogP contribution in [0.2, 0.25) is 0 Å². The Kier molecular flexibility index (Phi) is 8.40. The van der Waals surface area contributed by atoms with Gasteiger partial charge >= 0.3 is 6.01 Å². The maximum Gasteiger partial charge on any atom is 0.319 e. The molecule has 0 saturated carbocycles. The van der Waals surface area contributed by atoms with Gasteiger partial charge < -0.3 is 19.4 Å². The van der Waals surface area contributed by atoms with Crippen molar-refractivity contribution in [2.24, 2.45) is 0 Å². The van der Waals surface area contributed by atoms with Crippen LogP contribution in [0.3, 0.4) is 0 Å². The predicted molar refractivity (Wildman–Crippen MR) is 159 cm³/mol. The number of fused-ring (bicyclic) bond motifs is 2. The summed E-state index contributed by atoms with van der Waals surface area (Å²) in [5.74, 6) is -2.56. The van der Waals surface area contributed by atoms with E-state index >= 15 is 4.39 Å². The van der Waals surface area contributed by atoms with E-state index in [2.05, 4.69) is 32.5 Å². The summed E-state index contributed by atoms with van der Waals surface area (Å²) in [4.78, 5) is 31.5. The van der Waals surface area contributed by atoms with E-state index in [9.17, 15) is 18.8 Å². The van der Waals surface area contributed by atoms with E-state index in [0.29, 0.717) is 41.8 Å². The van der Waals surface area contributed by atoms with Gasteiger partial charge in [0.2, 0.25) is 0 Å². The third-order valence-electron chi connectivity index (χ3n) is 9.05. The molecule has 3 aromatic rings. The van der Waals surface area contributed by atoms with Gasteiger partial charge in [0.1, 0.15) is 29.5 Å². The van der Waals surface area contributed by atoms with Gasteiger partial charge in [-0.05, 0) is 75.4 Å². The highest BCUT2D eigenvalue weighted by Crippen LogP contribution is 2.37. The maximum atomic E-state index is 16.5. The average molecular weight is 606 g/mol. The number of carbonyl (C=O) groups excluding carboxylic acids is 1. The molecule has 0 radical (unpaired) electrons. The van der Waals surface area contributed by atoms with Crippen molar-refractivity contribution < 1.29 is 22.7 Å². The molecular weight excluding hydrogens is 571 g/mol. The second-order valence-corrected chi connectivity index (χ2v) is 11.7. The zero-order chi connectivity index (χ0) is 31.0. The number of piperazine rings is 1. The van der Waals surface area contributed by atoms with E-state index in [1.165, 1.54) is 17.2 Å². The summed E-state index contributed by atoms with van der Waals surface area (Å²) < 4.78 is 51.0. The second-order valence-electron chi connectivity index (χ2n) is 11.7. The van der Waals surface area contributed by atoms with Crippen molar-refractivity contribution in [3.63, 3.8) is 0 Å². The number of rotatable bonds is 7. The minimum Gasteiger partial charge on any atom is -0.462 e. The molecule has 1 amide bonds. The topological polar surface area (TPSA) is 98.5 Å². The lowest BCUT2D eigenvalue weighted by Gasteiger charge is -2.41. The van der Waals surface area contributed by atoms with Crippen molar-refractivity contribution in [1.29, 1.82) is 5.26 Å². The Morgan fingerprint density at radius 2 is 1.91 bits per heavy atom. The molecule has 230 valence electrons. The largest absolute Gasteiger partial charge is 0.462 e. The van der Waals surface area contributed by atoms with Crippen molar-refractivity contribution in [3.8, 4) is 23.3 Å². The molecular formula is C32H34F3N7O2. The van der Waals surface area contributed by atoms with Gasteiger partial charge in [-0.15, -0.1) is 0 Å². The van der Waals surface area contributed by atoms with E-state index in [0.717, 1.165) is 37.8 Å². The van der Waals surface area contributed by atoms with E-state index < -0.39 is 23.6 Å². The molecule has 3 aliphatic rings. The van der Waals surface area contributed by atoms with Gasteiger partial charge in [-0.1, -0.05) is 6.58 Å². The lowest BCUT2D eigenvalue weighted by atomic mass is 9.86. The molecule has 6 rings (SSSR count). The number of halogens is 3. The molecule has 0 spiro atoms. The second kappa shape index (κ2) is 12.4. The third-order valence-corrected chi connectivity index (χ3v) is 9.05. The molecule has 1 aromatic carbocycles. The van der Waals surface area contributed by atoms with Crippen molar-refractivity contribution in [2.45, 2.75) is 57.0 Å². The first-order valence-electron chi connectivity index (χ1n) is 15.0. The summed E-state index contributed by atoms with van der Waals surface area (Å²) in [5.41, 5.74) is 2.02. The summed E-state index contributed by atoms with van der Waals surface area (Å²) >= 11 is 0. The maximum absolute atomic E-state index is 16.5. The summed E-state index contributed by atoms with van der Waals surface area (Å²) in [6, 6.07) is 4.54. The highest BCUT2D eigenvalue weighted by Gasteiger charge is 2.34. The first kappa shape index (κ1) is 29.8. The van der Waals surface area contributed by atoms with Gasteiger partial charge in [-0.25, -0.2) is 13.2 Å². The van der Waals surface area contributed by atoms with Gasteiger partial charge in [-0.3, -0.25) is 9.78 Å². The summed E-state index contributed by atoms with van der Waals surface area (Å²) in [6.07, 6.45) is 6.47. The quantitative estimate of drug-likeness (QED) is 0.357. The molecule has 2 aliphatic heterocycles. The number of anilines is 1. The highest BCUT2D eigenvalue weighted by molar-refractivity contribution is 5.93. The van der Waals surface area contributed by atoms with Crippen LogP contribution in [0.4, 0.5) is 19.0 Å². The fourth-order valence-electron chi connectivity index (χ4n) is 6.67. The van der Waals surface area contributed by atoms with Crippen LogP contribution in [0.25, 0.3) is 22.2 Å². The number of aromatic nitrogens is 3. The molecule has 12 heteroatoms. The Bertz CT molecular complexity index is 1660. The molecule has 9 nitrogen and oxygen atoms in total. The van der Waals surface area contributed by atoms with Crippen molar-refractivity contribution in [3.05, 3.63) is 53.5 Å². The number of hydrogen-bond donors (Lipinski definition) is 0. The molecule has 2 fully saturated rings. The van der Waals surface area contributed by atoms with Crippen LogP contribution in [-0.4, -0.2) is 82.6 Å². The minimum atomic E-state index is -1.09. The number of likely N-dealkylation sites (N-methyl/N-ethyl adjacent to an activating group) is 1. The van der Waals surface area contributed by atoms with Gasteiger partial charge in [0.15, 0.2) is 11.6 Å². The van der Waals surface area contributed by atoms with Gasteiger partial charge in [0.05, 0.1) is 23.9 Å². The Morgan fingerprint density at radius 3 is 2.64 bits per heavy atom. The van der Waals surface area contributed by atoms with Crippen LogP contribution in [0.5, 0.6) is 6.01 Å². The number of amides is 1. The standard InChI is InChI=1S/C32H34F3N7O2/c1-19(33)31(43)42-15-14-41(17-20(42)11-12-36)30-25-16-37-28(24-9-10-26(34)23-8-4-3-7-22(23)24)27(35)29(25)38-32(39-30)44-18-21-6-5-13-40(21)2/h9-10,16,20-21H,1,3-8,11,13-15,17-18H2,2H3/t20-,21-/m0/s1. The third kappa shape index (κ3) is 5.56. The van der Waals surface area contributed by atoms with E-state index in [4.69, 9.17) is 4.74 Å². The van der Waals surface area contributed by atoms with Crippen LogP contribution in [-0.2, 0) is 17.6 Å². The van der Waals surface area contributed by atoms with Crippen LogP contribution in [0, 0.1) is 23.0 Å². The molecule has 1 aliphatic carbocycles. The van der Waals surface area contributed by atoms with Crippen molar-refractivity contribution >= 4 is 22.6 Å². The molecule has 44 heavy (non-hydrogen) atoms. The molecule has 0 unspecified atom stereocenters. The number of pyridine rings is 1. The Labute approximate surface area is 253 Å². The summed E-state index contributed by atoms with van der Waals surface area (Å²) in [7, 11) is 2.02. The Morgan fingerprint density at radius 1 is 1.11 bits per heavy atom. The molecule has 4 heterocycles. The number of benzene rings is 1. The van der Waals surface area contributed by atoms with Gasteiger partial charge in [-0.2, -0.15) is 15.2 Å². The smallest absolute Gasteiger partial charge is 0.319 e. The zero-order valence-electron chi connectivity index (χ0n) is 24.7. The molecule has 2 saturated heterocycles. The minimum absolute atomic E-state index is 0.00235. The van der Waals surface area contributed by atoms with Gasteiger partial charge in [0, 0.05) is 37.4 Å².